The molecular formula is C15H31NO. The van der Waals surface area contributed by atoms with Crippen molar-refractivity contribution in [3.8, 4) is 0 Å². The molecule has 1 unspecified atom stereocenters. The highest BCUT2D eigenvalue weighted by Gasteiger charge is 2.35. The largest absolute Gasteiger partial charge is 0.381 e. The summed E-state index contributed by atoms with van der Waals surface area (Å²) in [5, 5.41) is 3.62. The summed E-state index contributed by atoms with van der Waals surface area (Å²) in [5.74, 6) is 0.733. The Balaban J connectivity index is 2.39. The molecule has 1 aliphatic rings. The maximum absolute atomic E-state index is 5.64. The van der Waals surface area contributed by atoms with Gasteiger partial charge in [0.05, 0.1) is 6.61 Å². The molecule has 1 heterocycles. The highest BCUT2D eigenvalue weighted by atomic mass is 16.5. The summed E-state index contributed by atoms with van der Waals surface area (Å²) < 4.78 is 5.64. The number of rotatable bonds is 6. The first kappa shape index (κ1) is 15.0. The molecule has 0 bridgehead atoms. The number of ether oxygens (including phenoxy) is 1. The predicted octanol–water partition coefficient (Wildman–Crippen LogP) is 3.47. The van der Waals surface area contributed by atoms with E-state index in [1.807, 2.05) is 0 Å². The number of nitrogens with one attached hydrogen (secondary N) is 1. The first-order chi connectivity index (χ1) is 7.83. The SMILES string of the molecule is CC(C)CNCC1(CCC(C)(C)C)CCOC1. The average molecular weight is 241 g/mol. The summed E-state index contributed by atoms with van der Waals surface area (Å²) >= 11 is 0. The molecule has 1 rings (SSSR count). The summed E-state index contributed by atoms with van der Waals surface area (Å²) in [7, 11) is 0. The van der Waals surface area contributed by atoms with Gasteiger partial charge in [-0.2, -0.15) is 0 Å². The summed E-state index contributed by atoms with van der Waals surface area (Å²) in [4.78, 5) is 0. The van der Waals surface area contributed by atoms with Crippen LogP contribution in [0.5, 0.6) is 0 Å². The van der Waals surface area contributed by atoms with Gasteiger partial charge in [0.25, 0.3) is 0 Å². The Kier molecular flexibility index (Phi) is 5.46. The zero-order valence-electron chi connectivity index (χ0n) is 12.4. The van der Waals surface area contributed by atoms with Gasteiger partial charge in [0, 0.05) is 18.6 Å². The van der Waals surface area contributed by atoms with E-state index in [1.54, 1.807) is 0 Å². The van der Waals surface area contributed by atoms with Crippen LogP contribution < -0.4 is 5.32 Å². The van der Waals surface area contributed by atoms with E-state index in [-0.39, 0.29) is 0 Å². The molecule has 0 radical (unpaired) electrons. The molecule has 102 valence electrons. The van der Waals surface area contributed by atoms with Crippen molar-refractivity contribution in [3.63, 3.8) is 0 Å². The molecule has 0 saturated carbocycles. The Hall–Kier alpha value is -0.0800. The van der Waals surface area contributed by atoms with Crippen LogP contribution >= 0.6 is 0 Å². The minimum Gasteiger partial charge on any atom is -0.381 e. The highest BCUT2D eigenvalue weighted by molar-refractivity contribution is 4.86. The molecule has 17 heavy (non-hydrogen) atoms. The van der Waals surface area contributed by atoms with E-state index in [4.69, 9.17) is 4.74 Å². The first-order valence-corrected chi connectivity index (χ1v) is 7.12. The van der Waals surface area contributed by atoms with Crippen LogP contribution in [0.2, 0.25) is 0 Å². The maximum atomic E-state index is 5.64. The average Bonchev–Trinajstić information content (AvgIpc) is 2.63. The Morgan fingerprint density at radius 1 is 1.29 bits per heavy atom. The lowest BCUT2D eigenvalue weighted by Gasteiger charge is -2.31. The molecule has 2 heteroatoms. The monoisotopic (exact) mass is 241 g/mol. The summed E-state index contributed by atoms with van der Waals surface area (Å²) in [6.07, 6.45) is 3.81. The molecule has 2 nitrogen and oxygen atoms in total. The number of hydrogen-bond donors (Lipinski definition) is 1. The van der Waals surface area contributed by atoms with E-state index in [2.05, 4.69) is 39.9 Å². The molecular weight excluding hydrogens is 210 g/mol. The number of hydrogen-bond acceptors (Lipinski definition) is 2. The van der Waals surface area contributed by atoms with Crippen molar-refractivity contribution >= 4 is 0 Å². The van der Waals surface area contributed by atoms with Gasteiger partial charge in [-0.3, -0.25) is 0 Å². The van der Waals surface area contributed by atoms with Crippen molar-refractivity contribution in [3.05, 3.63) is 0 Å². The lowest BCUT2D eigenvalue weighted by molar-refractivity contribution is 0.132. The molecule has 0 aromatic rings. The van der Waals surface area contributed by atoms with Crippen LogP contribution in [0.3, 0.4) is 0 Å². The van der Waals surface area contributed by atoms with Crippen LogP contribution in [0.1, 0.15) is 53.9 Å². The Morgan fingerprint density at radius 3 is 2.47 bits per heavy atom. The molecule has 0 aromatic heterocycles. The van der Waals surface area contributed by atoms with E-state index in [9.17, 15) is 0 Å². The van der Waals surface area contributed by atoms with E-state index < -0.39 is 0 Å². The van der Waals surface area contributed by atoms with Crippen molar-refractivity contribution < 1.29 is 4.74 Å². The van der Waals surface area contributed by atoms with Crippen LogP contribution in [0.4, 0.5) is 0 Å². The fourth-order valence-corrected chi connectivity index (χ4v) is 2.34. The van der Waals surface area contributed by atoms with E-state index in [0.29, 0.717) is 10.8 Å². The molecule has 1 fully saturated rings. The van der Waals surface area contributed by atoms with Crippen molar-refractivity contribution in [2.24, 2.45) is 16.7 Å². The minimum absolute atomic E-state index is 0.405. The van der Waals surface area contributed by atoms with Crippen molar-refractivity contribution in [1.82, 2.24) is 5.32 Å². The molecule has 0 aliphatic carbocycles. The standard InChI is InChI=1S/C15H31NO/c1-13(2)10-16-11-15(8-9-17-12-15)7-6-14(3,4)5/h13,16H,6-12H2,1-5H3. The summed E-state index contributed by atoms with van der Waals surface area (Å²) in [6.45, 7) is 15.7. The fraction of sp³-hybridized carbons (Fsp3) is 1.00. The summed E-state index contributed by atoms with van der Waals surface area (Å²) in [5.41, 5.74) is 0.843. The first-order valence-electron chi connectivity index (χ1n) is 7.12. The van der Waals surface area contributed by atoms with Crippen LogP contribution in [0, 0.1) is 16.7 Å². The zero-order valence-corrected chi connectivity index (χ0v) is 12.4. The van der Waals surface area contributed by atoms with Crippen molar-refractivity contribution in [2.75, 3.05) is 26.3 Å². The molecule has 1 N–H and O–H groups in total. The van der Waals surface area contributed by atoms with Gasteiger partial charge >= 0.3 is 0 Å². The zero-order chi connectivity index (χ0) is 12.9. The second kappa shape index (κ2) is 6.19. The smallest absolute Gasteiger partial charge is 0.0535 e. The lowest BCUT2D eigenvalue weighted by atomic mass is 9.77. The third-order valence-corrected chi connectivity index (χ3v) is 3.64. The van der Waals surface area contributed by atoms with E-state index in [1.165, 1.54) is 19.3 Å². The molecule has 0 amide bonds. The van der Waals surface area contributed by atoms with Gasteiger partial charge in [0.1, 0.15) is 0 Å². The maximum Gasteiger partial charge on any atom is 0.0535 e. The molecule has 0 spiro atoms. The van der Waals surface area contributed by atoms with Crippen LogP contribution in [0.25, 0.3) is 0 Å². The van der Waals surface area contributed by atoms with E-state index in [0.717, 1.165) is 32.2 Å². The fourth-order valence-electron chi connectivity index (χ4n) is 2.34. The van der Waals surface area contributed by atoms with Gasteiger partial charge in [-0.05, 0) is 37.1 Å². The van der Waals surface area contributed by atoms with Gasteiger partial charge in [-0.25, -0.2) is 0 Å². The second-order valence-electron chi connectivity index (χ2n) is 7.39. The van der Waals surface area contributed by atoms with Gasteiger partial charge in [0.15, 0.2) is 0 Å². The molecule has 1 aliphatic heterocycles. The summed E-state index contributed by atoms with van der Waals surface area (Å²) in [6, 6.07) is 0. The molecule has 1 saturated heterocycles. The topological polar surface area (TPSA) is 21.3 Å². The van der Waals surface area contributed by atoms with E-state index >= 15 is 0 Å². The molecule has 0 aromatic carbocycles. The van der Waals surface area contributed by atoms with Crippen LogP contribution in [-0.2, 0) is 4.74 Å². The predicted molar refractivity (Wildman–Crippen MR) is 74.3 cm³/mol. The van der Waals surface area contributed by atoms with Gasteiger partial charge < -0.3 is 10.1 Å². The van der Waals surface area contributed by atoms with Gasteiger partial charge in [-0.1, -0.05) is 34.6 Å². The highest BCUT2D eigenvalue weighted by Crippen LogP contribution is 2.36. The quantitative estimate of drug-likeness (QED) is 0.769. The third kappa shape index (κ3) is 5.87. The Labute approximate surface area is 108 Å². The Bertz CT molecular complexity index is 211. The lowest BCUT2D eigenvalue weighted by Crippen LogP contribution is -2.37. The molecule has 1 atom stereocenters. The third-order valence-electron chi connectivity index (χ3n) is 3.64. The second-order valence-corrected chi connectivity index (χ2v) is 7.39. The van der Waals surface area contributed by atoms with Gasteiger partial charge in [-0.15, -0.1) is 0 Å². The van der Waals surface area contributed by atoms with Gasteiger partial charge in [0.2, 0.25) is 0 Å². The normalized spacial score (nSPS) is 25.8. The Morgan fingerprint density at radius 2 is 2.00 bits per heavy atom. The van der Waals surface area contributed by atoms with Crippen LogP contribution in [-0.4, -0.2) is 26.3 Å². The van der Waals surface area contributed by atoms with Crippen LogP contribution in [0.15, 0.2) is 0 Å². The van der Waals surface area contributed by atoms with Crippen molar-refractivity contribution in [1.29, 1.82) is 0 Å². The van der Waals surface area contributed by atoms with Crippen molar-refractivity contribution in [2.45, 2.75) is 53.9 Å². The minimum atomic E-state index is 0.405.